The molecule has 0 aromatic carbocycles. The fraction of sp³-hybridized carbons (Fsp3) is 0.923. The van der Waals surface area contributed by atoms with Gasteiger partial charge in [0.05, 0.1) is 6.10 Å². The number of hydrogen-bond donors (Lipinski definition) is 2. The van der Waals surface area contributed by atoms with Crippen LogP contribution in [0.3, 0.4) is 0 Å². The van der Waals surface area contributed by atoms with E-state index in [4.69, 9.17) is 10.5 Å². The Labute approximate surface area is 104 Å². The van der Waals surface area contributed by atoms with Crippen molar-refractivity contribution in [2.45, 2.75) is 76.6 Å². The number of unbranched alkanes of at least 4 members (excludes halogenated alkanes) is 6. The van der Waals surface area contributed by atoms with Crippen molar-refractivity contribution in [3.8, 4) is 0 Å². The Bertz CT molecular complexity index is 233. The lowest BCUT2D eigenvalue weighted by molar-refractivity contribution is -0.119. The van der Waals surface area contributed by atoms with Crippen LogP contribution in [0.15, 0.2) is 0 Å². The second-order valence-corrected chi connectivity index (χ2v) is 4.90. The van der Waals surface area contributed by atoms with Gasteiger partial charge in [0.25, 0.3) is 0 Å². The van der Waals surface area contributed by atoms with Crippen LogP contribution in [0.4, 0.5) is 0 Å². The minimum Gasteiger partial charge on any atom is -0.390 e. The molecule has 1 rings (SSSR count). The molecule has 3 atom stereocenters. The van der Waals surface area contributed by atoms with Gasteiger partial charge in [-0.3, -0.25) is 4.79 Å². The van der Waals surface area contributed by atoms with Gasteiger partial charge >= 0.3 is 0 Å². The highest BCUT2D eigenvalue weighted by molar-refractivity contribution is 5.81. The Hall–Kier alpha value is -0.610. The molecule has 1 saturated heterocycles. The van der Waals surface area contributed by atoms with Gasteiger partial charge in [0.2, 0.25) is 5.91 Å². The minimum absolute atomic E-state index is 0.340. The zero-order valence-corrected chi connectivity index (χ0v) is 10.7. The van der Waals surface area contributed by atoms with Gasteiger partial charge in [-0.15, -0.1) is 0 Å². The monoisotopic (exact) mass is 243 g/mol. The third kappa shape index (κ3) is 5.50. The molecule has 1 aliphatic heterocycles. The molecule has 4 heteroatoms. The van der Waals surface area contributed by atoms with Crippen LogP contribution in [0, 0.1) is 0 Å². The fourth-order valence-electron chi connectivity index (χ4n) is 2.12. The Morgan fingerprint density at radius 3 is 2.35 bits per heavy atom. The molecule has 0 aromatic rings. The van der Waals surface area contributed by atoms with Gasteiger partial charge in [0, 0.05) is 0 Å². The maximum atomic E-state index is 10.7. The van der Waals surface area contributed by atoms with E-state index in [1.807, 2.05) is 0 Å². The maximum absolute atomic E-state index is 10.7. The van der Waals surface area contributed by atoms with E-state index in [9.17, 15) is 9.90 Å². The van der Waals surface area contributed by atoms with Crippen LogP contribution in [0.5, 0.6) is 0 Å². The number of epoxide rings is 1. The van der Waals surface area contributed by atoms with E-state index in [1.165, 1.54) is 32.1 Å². The number of nitrogens with two attached hydrogens (primary N) is 1. The van der Waals surface area contributed by atoms with Crippen LogP contribution >= 0.6 is 0 Å². The number of aliphatic hydroxyl groups is 1. The maximum Gasteiger partial charge on any atom is 0.249 e. The molecule has 0 bridgehead atoms. The molecule has 0 aromatic heterocycles. The van der Waals surface area contributed by atoms with E-state index < -0.39 is 18.1 Å². The van der Waals surface area contributed by atoms with E-state index in [0.717, 1.165) is 12.8 Å². The van der Waals surface area contributed by atoms with Gasteiger partial charge in [-0.05, 0) is 6.42 Å². The zero-order chi connectivity index (χ0) is 12.7. The molecule has 1 unspecified atom stereocenters. The molecule has 1 amide bonds. The summed E-state index contributed by atoms with van der Waals surface area (Å²) in [6.45, 7) is 2.21. The number of carbonyl (C=O) groups excluding carboxylic acids is 1. The summed E-state index contributed by atoms with van der Waals surface area (Å²) in [5.74, 6) is -0.464. The molecule has 3 N–H and O–H groups in total. The first-order valence-electron chi connectivity index (χ1n) is 6.79. The highest BCUT2D eigenvalue weighted by Crippen LogP contribution is 2.27. The van der Waals surface area contributed by atoms with E-state index in [2.05, 4.69) is 6.92 Å². The van der Waals surface area contributed by atoms with Gasteiger partial charge in [0.15, 0.2) is 6.10 Å². The normalized spacial score (nSPS) is 24.6. The zero-order valence-electron chi connectivity index (χ0n) is 10.7. The van der Waals surface area contributed by atoms with Crippen LogP contribution in [-0.2, 0) is 9.53 Å². The van der Waals surface area contributed by atoms with Crippen LogP contribution < -0.4 is 5.73 Å². The molecule has 1 aliphatic rings. The van der Waals surface area contributed by atoms with E-state index in [0.29, 0.717) is 6.42 Å². The van der Waals surface area contributed by atoms with E-state index in [-0.39, 0.29) is 6.10 Å². The summed E-state index contributed by atoms with van der Waals surface area (Å²) in [6, 6.07) is 0. The lowest BCUT2D eigenvalue weighted by Crippen LogP contribution is -2.25. The van der Waals surface area contributed by atoms with Crippen molar-refractivity contribution in [1.29, 1.82) is 0 Å². The molecule has 0 saturated carbocycles. The average molecular weight is 243 g/mol. The standard InChI is InChI=1S/C13H25NO3/c1-2-3-4-5-6-7-8-9-10(15)11-12(17-11)13(14)16/h10-12,15H,2-9H2,1H3,(H2,14,16)/t10?,11-,12-/m1/s1. The molecule has 17 heavy (non-hydrogen) atoms. The summed E-state index contributed by atoms with van der Waals surface area (Å²) >= 11 is 0. The summed E-state index contributed by atoms with van der Waals surface area (Å²) in [5, 5.41) is 9.72. The molecule has 4 nitrogen and oxygen atoms in total. The Morgan fingerprint density at radius 2 is 1.82 bits per heavy atom. The first kappa shape index (κ1) is 14.5. The van der Waals surface area contributed by atoms with Crippen LogP contribution in [0.1, 0.15) is 58.3 Å². The smallest absolute Gasteiger partial charge is 0.249 e. The van der Waals surface area contributed by atoms with Crippen LogP contribution in [0.25, 0.3) is 0 Å². The van der Waals surface area contributed by atoms with Crippen molar-refractivity contribution in [2.24, 2.45) is 5.73 Å². The number of amides is 1. The van der Waals surface area contributed by atoms with Crippen LogP contribution in [-0.4, -0.2) is 29.3 Å². The molecular formula is C13H25NO3. The van der Waals surface area contributed by atoms with Crippen molar-refractivity contribution in [3.05, 3.63) is 0 Å². The number of rotatable bonds is 10. The molecule has 0 radical (unpaired) electrons. The summed E-state index contributed by atoms with van der Waals surface area (Å²) in [6.07, 6.45) is 7.87. The predicted molar refractivity (Wildman–Crippen MR) is 66.5 cm³/mol. The lowest BCUT2D eigenvalue weighted by Gasteiger charge is -2.06. The predicted octanol–water partition coefficient (Wildman–Crippen LogP) is 1.74. The Balaban J connectivity index is 1.91. The van der Waals surface area contributed by atoms with E-state index in [1.54, 1.807) is 0 Å². The second kappa shape index (κ2) is 7.67. The first-order chi connectivity index (χ1) is 8.16. The number of aliphatic hydroxyl groups excluding tert-OH is 1. The van der Waals surface area contributed by atoms with Crippen molar-refractivity contribution < 1.29 is 14.6 Å². The quantitative estimate of drug-likeness (QED) is 0.453. The fourth-order valence-corrected chi connectivity index (χ4v) is 2.12. The van der Waals surface area contributed by atoms with Gasteiger partial charge < -0.3 is 15.6 Å². The first-order valence-corrected chi connectivity index (χ1v) is 6.79. The molecule has 1 fully saturated rings. The second-order valence-electron chi connectivity index (χ2n) is 4.90. The summed E-state index contributed by atoms with van der Waals surface area (Å²) in [7, 11) is 0. The number of carbonyl (C=O) groups is 1. The van der Waals surface area contributed by atoms with E-state index >= 15 is 0 Å². The largest absolute Gasteiger partial charge is 0.390 e. The number of primary amides is 1. The average Bonchev–Trinajstić information content (AvgIpc) is 3.07. The summed E-state index contributed by atoms with van der Waals surface area (Å²) in [4.78, 5) is 10.7. The van der Waals surface area contributed by atoms with Gasteiger partial charge in [-0.2, -0.15) is 0 Å². The van der Waals surface area contributed by atoms with Gasteiger partial charge in [0.1, 0.15) is 6.10 Å². The highest BCUT2D eigenvalue weighted by Gasteiger charge is 2.48. The molecule has 1 heterocycles. The van der Waals surface area contributed by atoms with Gasteiger partial charge in [-0.1, -0.05) is 51.9 Å². The van der Waals surface area contributed by atoms with Crippen molar-refractivity contribution in [1.82, 2.24) is 0 Å². The summed E-state index contributed by atoms with van der Waals surface area (Å²) < 4.78 is 5.03. The number of hydrogen-bond acceptors (Lipinski definition) is 3. The third-order valence-corrected chi connectivity index (χ3v) is 3.29. The lowest BCUT2D eigenvalue weighted by atomic mass is 10.0. The third-order valence-electron chi connectivity index (χ3n) is 3.29. The van der Waals surface area contributed by atoms with Crippen molar-refractivity contribution >= 4 is 5.91 Å². The molecular weight excluding hydrogens is 218 g/mol. The van der Waals surface area contributed by atoms with Crippen LogP contribution in [0.2, 0.25) is 0 Å². The Morgan fingerprint density at radius 1 is 1.24 bits per heavy atom. The molecule has 0 aliphatic carbocycles. The summed E-state index contributed by atoms with van der Waals surface area (Å²) in [5.41, 5.74) is 5.07. The minimum atomic E-state index is -0.547. The SMILES string of the molecule is CCCCCCCCCC(O)[C@H]1O[C@H]1C(N)=O. The number of ether oxygens (including phenoxy) is 1. The highest BCUT2D eigenvalue weighted by atomic mass is 16.6. The molecule has 0 spiro atoms. The Kier molecular flexibility index (Phi) is 6.52. The van der Waals surface area contributed by atoms with Gasteiger partial charge in [-0.25, -0.2) is 0 Å². The van der Waals surface area contributed by atoms with Crippen molar-refractivity contribution in [3.63, 3.8) is 0 Å². The molecule has 100 valence electrons. The topological polar surface area (TPSA) is 75.8 Å². The van der Waals surface area contributed by atoms with Crippen molar-refractivity contribution in [2.75, 3.05) is 0 Å².